The van der Waals surface area contributed by atoms with Gasteiger partial charge in [0.1, 0.15) is 0 Å². The first kappa shape index (κ1) is 19.4. The van der Waals surface area contributed by atoms with Gasteiger partial charge >= 0.3 is 6.03 Å². The molecule has 2 aromatic carbocycles. The number of benzene rings is 2. The number of likely N-dealkylation sites (tertiary alicyclic amines) is 1. The lowest BCUT2D eigenvalue weighted by Gasteiger charge is -2.51. The predicted octanol–water partition coefficient (Wildman–Crippen LogP) is 4.56. The van der Waals surface area contributed by atoms with E-state index in [-0.39, 0.29) is 17.5 Å². The minimum Gasteiger partial charge on any atom is -0.377 e. The number of amides is 2. The van der Waals surface area contributed by atoms with Crippen molar-refractivity contribution in [3.05, 3.63) is 71.8 Å². The van der Waals surface area contributed by atoms with Gasteiger partial charge < -0.3 is 15.4 Å². The van der Waals surface area contributed by atoms with Crippen LogP contribution in [-0.2, 0) is 11.3 Å². The second-order valence-electron chi connectivity index (χ2n) is 7.88. The lowest BCUT2D eigenvalue weighted by Crippen LogP contribution is -2.59. The highest BCUT2D eigenvalue weighted by Crippen LogP contribution is 2.44. The SMILES string of the molecule is CC1(C)C(CCOCc2ccccc2)C(c2ccccc2)CCN1C(N)=O. The van der Waals surface area contributed by atoms with E-state index in [2.05, 4.69) is 50.2 Å². The van der Waals surface area contributed by atoms with Crippen LogP contribution < -0.4 is 5.73 Å². The number of hydrogen-bond acceptors (Lipinski definition) is 2. The molecule has 0 aliphatic carbocycles. The molecule has 4 nitrogen and oxygen atoms in total. The summed E-state index contributed by atoms with van der Waals surface area (Å²) in [6.07, 6.45) is 1.82. The maximum Gasteiger partial charge on any atom is 0.315 e. The van der Waals surface area contributed by atoms with E-state index in [0.29, 0.717) is 25.7 Å². The van der Waals surface area contributed by atoms with Crippen LogP contribution in [0.1, 0.15) is 43.7 Å². The average molecular weight is 367 g/mol. The van der Waals surface area contributed by atoms with Crippen molar-refractivity contribution in [2.45, 2.75) is 44.8 Å². The summed E-state index contributed by atoms with van der Waals surface area (Å²) >= 11 is 0. The van der Waals surface area contributed by atoms with Gasteiger partial charge in [-0.1, -0.05) is 60.7 Å². The average Bonchev–Trinajstić information content (AvgIpc) is 2.66. The third kappa shape index (κ3) is 4.51. The first-order chi connectivity index (χ1) is 13.0. The summed E-state index contributed by atoms with van der Waals surface area (Å²) < 4.78 is 5.96. The van der Waals surface area contributed by atoms with Crippen LogP contribution in [0.5, 0.6) is 0 Å². The van der Waals surface area contributed by atoms with Crippen LogP contribution in [0.15, 0.2) is 60.7 Å². The molecule has 2 amide bonds. The molecule has 0 bridgehead atoms. The minimum absolute atomic E-state index is 0.289. The fraction of sp³-hybridized carbons (Fsp3) is 0.435. The number of carbonyl (C=O) groups excluding carboxylic acids is 1. The van der Waals surface area contributed by atoms with Gasteiger partial charge in [0.25, 0.3) is 0 Å². The van der Waals surface area contributed by atoms with E-state index >= 15 is 0 Å². The Morgan fingerprint density at radius 1 is 1.11 bits per heavy atom. The maximum absolute atomic E-state index is 12.0. The van der Waals surface area contributed by atoms with Gasteiger partial charge in [-0.3, -0.25) is 0 Å². The van der Waals surface area contributed by atoms with Crippen LogP contribution in [0.4, 0.5) is 4.79 Å². The Kier molecular flexibility index (Phi) is 6.17. The molecule has 2 N–H and O–H groups in total. The van der Waals surface area contributed by atoms with Gasteiger partial charge in [-0.25, -0.2) is 4.79 Å². The Hall–Kier alpha value is -2.33. The van der Waals surface area contributed by atoms with E-state index in [4.69, 9.17) is 10.5 Å². The van der Waals surface area contributed by atoms with E-state index in [9.17, 15) is 4.79 Å². The summed E-state index contributed by atoms with van der Waals surface area (Å²) in [5.41, 5.74) is 7.89. The Morgan fingerprint density at radius 3 is 2.37 bits per heavy atom. The zero-order valence-corrected chi connectivity index (χ0v) is 16.3. The molecule has 2 atom stereocenters. The van der Waals surface area contributed by atoms with Crippen LogP contribution in [0, 0.1) is 5.92 Å². The summed E-state index contributed by atoms with van der Waals surface area (Å²) in [5, 5.41) is 0. The van der Waals surface area contributed by atoms with E-state index < -0.39 is 0 Å². The molecule has 4 heteroatoms. The number of carbonyl (C=O) groups is 1. The molecule has 3 rings (SSSR count). The first-order valence-corrected chi connectivity index (χ1v) is 9.74. The van der Waals surface area contributed by atoms with Gasteiger partial charge in [-0.2, -0.15) is 0 Å². The van der Waals surface area contributed by atoms with Gasteiger partial charge in [0.2, 0.25) is 0 Å². The zero-order chi connectivity index (χ0) is 19.3. The van der Waals surface area contributed by atoms with Crippen molar-refractivity contribution in [3.63, 3.8) is 0 Å². The van der Waals surface area contributed by atoms with Gasteiger partial charge in [-0.05, 0) is 49.7 Å². The maximum atomic E-state index is 12.0. The standard InChI is InChI=1S/C23H30N2O2/c1-23(2)21(14-16-27-17-18-9-5-3-6-10-18)20(13-15-25(23)22(24)26)19-11-7-4-8-12-19/h3-12,20-21H,13-17H2,1-2H3,(H2,24,26). The van der Waals surface area contributed by atoms with Crippen LogP contribution >= 0.6 is 0 Å². The van der Waals surface area contributed by atoms with Crippen LogP contribution in [-0.4, -0.2) is 29.6 Å². The monoisotopic (exact) mass is 366 g/mol. The van der Waals surface area contributed by atoms with E-state index in [1.54, 1.807) is 0 Å². The summed E-state index contributed by atoms with van der Waals surface area (Å²) in [6, 6.07) is 20.5. The molecule has 0 aromatic heterocycles. The lowest BCUT2D eigenvalue weighted by atomic mass is 9.68. The molecule has 1 fully saturated rings. The van der Waals surface area contributed by atoms with Crippen molar-refractivity contribution in [1.82, 2.24) is 4.90 Å². The van der Waals surface area contributed by atoms with Crippen LogP contribution in [0.2, 0.25) is 0 Å². The number of nitrogens with zero attached hydrogens (tertiary/aromatic N) is 1. The number of piperidine rings is 1. The van der Waals surface area contributed by atoms with Gasteiger partial charge in [0, 0.05) is 18.7 Å². The van der Waals surface area contributed by atoms with Crippen LogP contribution in [0.25, 0.3) is 0 Å². The molecule has 0 saturated carbocycles. The van der Waals surface area contributed by atoms with Crippen molar-refractivity contribution >= 4 is 6.03 Å². The number of hydrogen-bond donors (Lipinski definition) is 1. The highest BCUT2D eigenvalue weighted by atomic mass is 16.5. The third-order valence-electron chi connectivity index (χ3n) is 5.93. The Bertz CT molecular complexity index is 731. The number of primary amides is 1. The molecular formula is C23H30N2O2. The Balaban J connectivity index is 1.71. The Morgan fingerprint density at radius 2 is 1.74 bits per heavy atom. The Labute approximate surface area is 162 Å². The van der Waals surface area contributed by atoms with Gasteiger partial charge in [0.15, 0.2) is 0 Å². The molecule has 1 aliphatic heterocycles. The highest BCUT2D eigenvalue weighted by Gasteiger charge is 2.45. The topological polar surface area (TPSA) is 55.6 Å². The summed E-state index contributed by atoms with van der Waals surface area (Å²) in [5.74, 6) is 0.689. The highest BCUT2D eigenvalue weighted by molar-refractivity contribution is 5.73. The lowest BCUT2D eigenvalue weighted by molar-refractivity contribution is 0.0143. The molecule has 1 saturated heterocycles. The number of nitrogens with two attached hydrogens (primary N) is 1. The molecule has 27 heavy (non-hydrogen) atoms. The molecule has 2 aromatic rings. The number of urea groups is 1. The fourth-order valence-corrected chi connectivity index (χ4v) is 4.47. The summed E-state index contributed by atoms with van der Waals surface area (Å²) in [6.45, 7) is 6.25. The molecule has 1 heterocycles. The second-order valence-corrected chi connectivity index (χ2v) is 7.88. The van der Waals surface area contributed by atoms with Gasteiger partial charge in [0.05, 0.1) is 6.61 Å². The third-order valence-corrected chi connectivity index (χ3v) is 5.93. The quantitative estimate of drug-likeness (QED) is 0.762. The van der Waals surface area contributed by atoms with Crippen molar-refractivity contribution in [2.24, 2.45) is 11.7 Å². The smallest absolute Gasteiger partial charge is 0.315 e. The second kappa shape index (κ2) is 8.57. The largest absolute Gasteiger partial charge is 0.377 e. The summed E-state index contributed by atoms with van der Waals surface area (Å²) in [4.78, 5) is 13.8. The summed E-state index contributed by atoms with van der Waals surface area (Å²) in [7, 11) is 0. The molecular weight excluding hydrogens is 336 g/mol. The van der Waals surface area contributed by atoms with Crippen molar-refractivity contribution < 1.29 is 9.53 Å². The van der Waals surface area contributed by atoms with Crippen molar-refractivity contribution in [3.8, 4) is 0 Å². The minimum atomic E-state index is -0.332. The zero-order valence-electron chi connectivity index (χ0n) is 16.3. The molecule has 2 unspecified atom stereocenters. The molecule has 1 aliphatic rings. The first-order valence-electron chi connectivity index (χ1n) is 9.74. The molecule has 144 valence electrons. The van der Waals surface area contributed by atoms with Gasteiger partial charge in [-0.15, -0.1) is 0 Å². The number of ether oxygens (including phenoxy) is 1. The number of rotatable bonds is 6. The van der Waals surface area contributed by atoms with E-state index in [1.165, 1.54) is 11.1 Å². The molecule has 0 spiro atoms. The predicted molar refractivity (Wildman–Crippen MR) is 108 cm³/mol. The fourth-order valence-electron chi connectivity index (χ4n) is 4.47. The van der Waals surface area contributed by atoms with E-state index in [0.717, 1.165) is 12.8 Å². The van der Waals surface area contributed by atoms with Crippen molar-refractivity contribution in [1.29, 1.82) is 0 Å². The van der Waals surface area contributed by atoms with Crippen molar-refractivity contribution in [2.75, 3.05) is 13.2 Å². The molecule has 0 radical (unpaired) electrons. The van der Waals surface area contributed by atoms with E-state index in [1.807, 2.05) is 29.2 Å². The van der Waals surface area contributed by atoms with Crippen LogP contribution in [0.3, 0.4) is 0 Å². The normalized spacial score (nSPS) is 21.8.